The number of hydrogen-bond acceptors (Lipinski definition) is 5. The van der Waals surface area contributed by atoms with Crippen LogP contribution in [0.5, 0.6) is 0 Å². The molecule has 0 bridgehead atoms. The Bertz CT molecular complexity index is 733. The van der Waals surface area contributed by atoms with Crippen molar-refractivity contribution in [3.8, 4) is 0 Å². The molecule has 1 saturated heterocycles. The largest absolute Gasteiger partial charge is 0.336 e. The quantitative estimate of drug-likeness (QED) is 0.910. The van der Waals surface area contributed by atoms with Crippen LogP contribution in [0.25, 0.3) is 0 Å². The average molecular weight is 312 g/mol. The van der Waals surface area contributed by atoms with Crippen LogP contribution in [0.4, 0.5) is 0 Å². The topological polar surface area (TPSA) is 87.7 Å². The van der Waals surface area contributed by atoms with Gasteiger partial charge >= 0.3 is 0 Å². The molecule has 1 aliphatic carbocycles. The van der Waals surface area contributed by atoms with E-state index in [1.54, 1.807) is 12.4 Å². The number of nitrogens with zero attached hydrogens (tertiary/aromatic N) is 5. The van der Waals surface area contributed by atoms with E-state index in [4.69, 9.17) is 0 Å². The maximum atomic E-state index is 12.7. The summed E-state index contributed by atoms with van der Waals surface area (Å²) < 4.78 is 0. The number of aromatic amines is 1. The predicted octanol–water partition coefficient (Wildman–Crippen LogP) is 1.62. The minimum atomic E-state index is -0.0430. The number of aromatic nitrogens is 5. The molecule has 1 spiro atoms. The summed E-state index contributed by atoms with van der Waals surface area (Å²) in [5, 5.41) is 7.28. The fourth-order valence-corrected chi connectivity index (χ4v) is 3.80. The molecule has 1 aliphatic heterocycles. The molecule has 2 aromatic rings. The van der Waals surface area contributed by atoms with E-state index in [-0.39, 0.29) is 17.2 Å². The summed E-state index contributed by atoms with van der Waals surface area (Å²) in [5.41, 5.74) is 1.37. The molecule has 0 aromatic carbocycles. The van der Waals surface area contributed by atoms with Crippen molar-refractivity contribution in [2.24, 2.45) is 5.41 Å². The maximum absolute atomic E-state index is 12.7. The highest BCUT2D eigenvalue weighted by atomic mass is 16.2. The fourth-order valence-electron chi connectivity index (χ4n) is 3.80. The number of carbonyl (C=O) groups excluding carboxylic acids is 1. The Balaban J connectivity index is 1.60. The lowest BCUT2D eigenvalue weighted by atomic mass is 9.62. The highest BCUT2D eigenvalue weighted by Crippen LogP contribution is 2.55. The first kappa shape index (κ1) is 14.3. The number of hydrogen-bond donors (Lipinski definition) is 1. The highest BCUT2D eigenvalue weighted by molar-refractivity contribution is 5.92. The minimum Gasteiger partial charge on any atom is -0.336 e. The molecular weight excluding hydrogens is 292 g/mol. The zero-order valence-corrected chi connectivity index (χ0v) is 13.4. The van der Waals surface area contributed by atoms with Gasteiger partial charge in [-0.1, -0.05) is 6.42 Å². The molecule has 1 atom stereocenters. The summed E-state index contributed by atoms with van der Waals surface area (Å²) in [6, 6.07) is 0. The molecule has 120 valence electrons. The van der Waals surface area contributed by atoms with Crippen LogP contribution in [0.1, 0.15) is 53.0 Å². The summed E-state index contributed by atoms with van der Waals surface area (Å²) in [5.74, 6) is 1.83. The summed E-state index contributed by atoms with van der Waals surface area (Å²) in [6.45, 7) is 5.19. The van der Waals surface area contributed by atoms with Gasteiger partial charge in [-0.25, -0.2) is 9.97 Å². The van der Waals surface area contributed by atoms with Gasteiger partial charge in [0, 0.05) is 25.2 Å². The van der Waals surface area contributed by atoms with Crippen molar-refractivity contribution in [2.75, 3.05) is 13.1 Å². The molecule has 1 saturated carbocycles. The number of nitrogens with one attached hydrogen (secondary N) is 1. The average Bonchev–Trinajstić information content (AvgIpc) is 3.10. The van der Waals surface area contributed by atoms with E-state index in [2.05, 4.69) is 25.1 Å². The Hall–Kier alpha value is -2.31. The van der Waals surface area contributed by atoms with Gasteiger partial charge in [0.1, 0.15) is 11.5 Å². The normalized spacial score (nSPS) is 22.3. The summed E-state index contributed by atoms with van der Waals surface area (Å²) in [4.78, 5) is 27.6. The summed E-state index contributed by atoms with van der Waals surface area (Å²) >= 11 is 0. The number of aryl methyl sites for hydroxylation is 2. The van der Waals surface area contributed by atoms with E-state index >= 15 is 0 Å². The smallest absolute Gasteiger partial charge is 0.274 e. The Kier molecular flexibility index (Phi) is 3.18. The molecule has 7 nitrogen and oxygen atoms in total. The predicted molar refractivity (Wildman–Crippen MR) is 82.8 cm³/mol. The van der Waals surface area contributed by atoms with E-state index in [0.29, 0.717) is 12.2 Å². The van der Waals surface area contributed by atoms with Crippen molar-refractivity contribution in [2.45, 2.75) is 39.0 Å². The molecule has 23 heavy (non-hydrogen) atoms. The van der Waals surface area contributed by atoms with Crippen LogP contribution in [0.15, 0.2) is 12.4 Å². The van der Waals surface area contributed by atoms with E-state index in [0.717, 1.165) is 36.7 Å². The first-order valence-electron chi connectivity index (χ1n) is 8.04. The Morgan fingerprint density at radius 1 is 1.30 bits per heavy atom. The van der Waals surface area contributed by atoms with Gasteiger partial charge in [-0.15, -0.1) is 0 Å². The molecule has 1 amide bonds. The van der Waals surface area contributed by atoms with Gasteiger partial charge in [-0.3, -0.25) is 14.9 Å². The van der Waals surface area contributed by atoms with Crippen LogP contribution in [0, 0.1) is 19.3 Å². The zero-order chi connectivity index (χ0) is 16.0. The molecular formula is C16H20N6O. The first-order valence-corrected chi connectivity index (χ1v) is 8.04. The van der Waals surface area contributed by atoms with Crippen molar-refractivity contribution >= 4 is 5.91 Å². The second-order valence-electron chi connectivity index (χ2n) is 6.78. The molecule has 3 heterocycles. The number of H-pyrrole nitrogens is 1. The van der Waals surface area contributed by atoms with E-state index in [1.807, 2.05) is 18.7 Å². The first-order chi connectivity index (χ1) is 11.1. The third kappa shape index (κ3) is 2.31. The monoisotopic (exact) mass is 312 g/mol. The van der Waals surface area contributed by atoms with Crippen LogP contribution in [-0.4, -0.2) is 49.0 Å². The van der Waals surface area contributed by atoms with Crippen molar-refractivity contribution in [3.63, 3.8) is 0 Å². The summed E-state index contributed by atoms with van der Waals surface area (Å²) in [6.07, 6.45) is 6.68. The molecule has 1 N–H and O–H groups in total. The minimum absolute atomic E-state index is 0.0430. The van der Waals surface area contributed by atoms with Crippen molar-refractivity contribution < 1.29 is 4.79 Å². The van der Waals surface area contributed by atoms with Crippen molar-refractivity contribution in [1.82, 2.24) is 30.0 Å². The SMILES string of the molecule is Cc1cnc(C(=O)N2CC(c3n[nH]c(C)n3)C3(CCC3)C2)cn1. The number of rotatable bonds is 2. The molecule has 2 aliphatic rings. The van der Waals surface area contributed by atoms with Gasteiger partial charge in [0.2, 0.25) is 0 Å². The lowest BCUT2D eigenvalue weighted by Crippen LogP contribution is -2.38. The van der Waals surface area contributed by atoms with E-state index in [9.17, 15) is 4.79 Å². The summed E-state index contributed by atoms with van der Waals surface area (Å²) in [7, 11) is 0. The molecule has 1 unspecified atom stereocenters. The van der Waals surface area contributed by atoms with Crippen LogP contribution < -0.4 is 0 Å². The number of likely N-dealkylation sites (tertiary alicyclic amines) is 1. The zero-order valence-electron chi connectivity index (χ0n) is 13.4. The second-order valence-corrected chi connectivity index (χ2v) is 6.78. The lowest BCUT2D eigenvalue weighted by molar-refractivity contribution is 0.0718. The van der Waals surface area contributed by atoms with Gasteiger partial charge in [-0.05, 0) is 32.1 Å². The Morgan fingerprint density at radius 3 is 2.70 bits per heavy atom. The number of carbonyl (C=O) groups is 1. The van der Waals surface area contributed by atoms with E-state index in [1.165, 1.54) is 6.42 Å². The third-order valence-electron chi connectivity index (χ3n) is 5.21. The van der Waals surface area contributed by atoms with Gasteiger partial charge in [0.05, 0.1) is 11.9 Å². The molecule has 2 aromatic heterocycles. The van der Waals surface area contributed by atoms with Crippen LogP contribution >= 0.6 is 0 Å². The molecule has 2 fully saturated rings. The fraction of sp³-hybridized carbons (Fsp3) is 0.562. The van der Waals surface area contributed by atoms with Gasteiger partial charge < -0.3 is 4.90 Å². The lowest BCUT2D eigenvalue weighted by Gasteiger charge is -2.41. The van der Waals surface area contributed by atoms with Crippen LogP contribution in [0.3, 0.4) is 0 Å². The third-order valence-corrected chi connectivity index (χ3v) is 5.21. The molecule has 0 radical (unpaired) electrons. The highest BCUT2D eigenvalue weighted by Gasteiger charge is 2.53. The van der Waals surface area contributed by atoms with Crippen LogP contribution in [-0.2, 0) is 0 Å². The molecule has 4 rings (SSSR count). The van der Waals surface area contributed by atoms with Crippen molar-refractivity contribution in [1.29, 1.82) is 0 Å². The maximum Gasteiger partial charge on any atom is 0.274 e. The standard InChI is InChI=1S/C16H20N6O/c1-10-6-18-13(7-17-10)15(23)22-8-12(14-19-11(2)20-21-14)16(9-22)4-3-5-16/h6-7,12H,3-5,8-9H2,1-2H3,(H,19,20,21). The molecule has 7 heteroatoms. The van der Waals surface area contributed by atoms with Crippen LogP contribution in [0.2, 0.25) is 0 Å². The van der Waals surface area contributed by atoms with Gasteiger partial charge in [0.15, 0.2) is 5.82 Å². The number of amides is 1. The van der Waals surface area contributed by atoms with Gasteiger partial charge in [-0.2, -0.15) is 5.10 Å². The van der Waals surface area contributed by atoms with E-state index < -0.39 is 0 Å². The van der Waals surface area contributed by atoms with Gasteiger partial charge in [0.25, 0.3) is 5.91 Å². The Morgan fingerprint density at radius 2 is 2.13 bits per heavy atom. The second kappa shape index (κ2) is 5.11. The van der Waals surface area contributed by atoms with Crippen molar-refractivity contribution in [3.05, 3.63) is 35.4 Å². The Labute approximate surface area is 134 Å².